The quantitative estimate of drug-likeness (QED) is 0.439. The fourth-order valence-corrected chi connectivity index (χ4v) is 1.54. The Balaban J connectivity index is 2.34. The summed E-state index contributed by atoms with van der Waals surface area (Å²) in [6.07, 6.45) is 1.65. The minimum Gasteiger partial charge on any atom is -0.482 e. The van der Waals surface area contributed by atoms with Crippen molar-refractivity contribution in [3.63, 3.8) is 0 Å². The highest BCUT2D eigenvalue weighted by Crippen LogP contribution is 2.24. The van der Waals surface area contributed by atoms with Gasteiger partial charge >= 0.3 is 0 Å². The number of hydrogen-bond acceptors (Lipinski definition) is 3. The summed E-state index contributed by atoms with van der Waals surface area (Å²) in [6, 6.07) is 5.34. The van der Waals surface area contributed by atoms with Crippen molar-refractivity contribution in [1.82, 2.24) is 16.2 Å². The van der Waals surface area contributed by atoms with Crippen LogP contribution in [0.4, 0.5) is 0 Å². The number of carbonyl (C=O) groups excluding carboxylic acids is 1. The molecule has 0 saturated heterocycles. The summed E-state index contributed by atoms with van der Waals surface area (Å²) in [7, 11) is 0. The first-order valence-electron chi connectivity index (χ1n) is 5.85. The van der Waals surface area contributed by atoms with Gasteiger partial charge in [0, 0.05) is 6.54 Å². The number of hydrazine groups is 1. The zero-order valence-corrected chi connectivity index (χ0v) is 12.6. The molecule has 0 bridgehead atoms. The molecule has 3 N–H and O–H groups in total. The fraction of sp³-hybridized carbons (Fsp3) is 0.231. The molecule has 1 aromatic rings. The number of hydrogen-bond donors (Lipinski definition) is 3. The lowest BCUT2D eigenvalue weighted by molar-refractivity contribution is -0.123. The van der Waals surface area contributed by atoms with Gasteiger partial charge in [0.15, 0.2) is 11.7 Å². The van der Waals surface area contributed by atoms with Gasteiger partial charge in [0.25, 0.3) is 5.91 Å². The molecule has 0 aliphatic heterocycles. The number of benzene rings is 1. The number of halogens is 1. The normalized spacial score (nSPS) is 9.50. The van der Waals surface area contributed by atoms with Crippen molar-refractivity contribution in [2.45, 2.75) is 6.92 Å². The van der Waals surface area contributed by atoms with Crippen LogP contribution in [-0.4, -0.2) is 24.2 Å². The van der Waals surface area contributed by atoms with Gasteiger partial charge in [-0.05, 0) is 36.8 Å². The number of carbonyl (C=O) groups is 1. The zero-order chi connectivity index (χ0) is 15.0. The molecule has 0 radical (unpaired) electrons. The maximum absolute atomic E-state index is 11.5. The van der Waals surface area contributed by atoms with E-state index in [2.05, 4.69) is 22.7 Å². The first kappa shape index (κ1) is 16.3. The zero-order valence-electron chi connectivity index (χ0n) is 11.0. The second-order valence-corrected chi connectivity index (χ2v) is 4.71. The van der Waals surface area contributed by atoms with Crippen molar-refractivity contribution in [2.75, 3.05) is 13.2 Å². The van der Waals surface area contributed by atoms with Crippen LogP contribution in [0.25, 0.3) is 0 Å². The number of thiocarbonyl (C=S) groups is 1. The van der Waals surface area contributed by atoms with Gasteiger partial charge in [-0.15, -0.1) is 6.58 Å². The Morgan fingerprint density at radius 1 is 1.50 bits per heavy atom. The van der Waals surface area contributed by atoms with Crippen LogP contribution in [0.15, 0.2) is 30.9 Å². The van der Waals surface area contributed by atoms with Crippen LogP contribution in [-0.2, 0) is 4.79 Å². The highest BCUT2D eigenvalue weighted by atomic mass is 35.5. The Morgan fingerprint density at radius 3 is 2.95 bits per heavy atom. The topological polar surface area (TPSA) is 62.4 Å². The lowest BCUT2D eigenvalue weighted by Gasteiger charge is -2.11. The molecule has 0 fully saturated rings. The molecular weight excluding hydrogens is 298 g/mol. The number of amides is 1. The molecule has 5 nitrogen and oxygen atoms in total. The molecule has 0 saturated carbocycles. The molecule has 1 amide bonds. The number of ether oxygens (including phenoxy) is 1. The average Bonchev–Trinajstić information content (AvgIpc) is 2.43. The fourth-order valence-electron chi connectivity index (χ4n) is 1.24. The summed E-state index contributed by atoms with van der Waals surface area (Å²) in [5.41, 5.74) is 5.94. The smallest absolute Gasteiger partial charge is 0.276 e. The Hall–Kier alpha value is -1.79. The summed E-state index contributed by atoms with van der Waals surface area (Å²) in [5, 5.41) is 3.56. The Kier molecular flexibility index (Phi) is 6.83. The van der Waals surface area contributed by atoms with E-state index in [-0.39, 0.29) is 12.5 Å². The van der Waals surface area contributed by atoms with Crippen LogP contribution >= 0.6 is 23.8 Å². The highest BCUT2D eigenvalue weighted by molar-refractivity contribution is 7.80. The number of aryl methyl sites for hydroxylation is 1. The van der Waals surface area contributed by atoms with Gasteiger partial charge in [0.1, 0.15) is 5.75 Å². The molecule has 108 valence electrons. The molecular formula is C13H16ClN3O2S. The van der Waals surface area contributed by atoms with E-state index in [0.29, 0.717) is 22.4 Å². The van der Waals surface area contributed by atoms with E-state index in [1.54, 1.807) is 18.2 Å². The first-order valence-corrected chi connectivity index (χ1v) is 6.64. The molecule has 0 atom stereocenters. The highest BCUT2D eigenvalue weighted by Gasteiger charge is 2.06. The van der Waals surface area contributed by atoms with Crippen LogP contribution in [0.1, 0.15) is 5.56 Å². The molecule has 0 spiro atoms. The van der Waals surface area contributed by atoms with E-state index < -0.39 is 0 Å². The lowest BCUT2D eigenvalue weighted by Crippen LogP contribution is -2.48. The maximum Gasteiger partial charge on any atom is 0.276 e. The summed E-state index contributed by atoms with van der Waals surface area (Å²) in [5.74, 6) is 0.0968. The largest absolute Gasteiger partial charge is 0.482 e. The van der Waals surface area contributed by atoms with E-state index >= 15 is 0 Å². The van der Waals surface area contributed by atoms with Crippen LogP contribution < -0.4 is 20.9 Å². The third-order valence-corrected chi connectivity index (χ3v) is 2.73. The predicted molar refractivity (Wildman–Crippen MR) is 83.8 cm³/mol. The molecule has 20 heavy (non-hydrogen) atoms. The monoisotopic (exact) mass is 313 g/mol. The summed E-state index contributed by atoms with van der Waals surface area (Å²) in [6.45, 7) is 5.79. The Bertz CT molecular complexity index is 508. The molecule has 0 aliphatic rings. The van der Waals surface area contributed by atoms with Gasteiger partial charge in [-0.2, -0.15) is 0 Å². The van der Waals surface area contributed by atoms with Crippen molar-refractivity contribution >= 4 is 34.8 Å². The van der Waals surface area contributed by atoms with Crippen LogP contribution in [0, 0.1) is 6.92 Å². The third-order valence-electron chi connectivity index (χ3n) is 2.17. The van der Waals surface area contributed by atoms with Crippen molar-refractivity contribution in [3.05, 3.63) is 41.4 Å². The van der Waals surface area contributed by atoms with E-state index in [9.17, 15) is 4.79 Å². The third kappa shape index (κ3) is 5.90. The molecule has 1 rings (SSSR count). The molecule has 1 aromatic carbocycles. The molecule has 0 aliphatic carbocycles. The first-order chi connectivity index (χ1) is 9.52. The minimum absolute atomic E-state index is 0.166. The predicted octanol–water partition coefficient (Wildman–Crippen LogP) is 1.71. The van der Waals surface area contributed by atoms with Crippen LogP contribution in [0.3, 0.4) is 0 Å². The number of rotatable bonds is 5. The molecule has 0 aromatic heterocycles. The van der Waals surface area contributed by atoms with Crippen molar-refractivity contribution in [1.29, 1.82) is 0 Å². The second-order valence-electron chi connectivity index (χ2n) is 3.89. The molecule has 0 heterocycles. The Morgan fingerprint density at radius 2 is 2.25 bits per heavy atom. The summed E-state index contributed by atoms with van der Waals surface area (Å²) < 4.78 is 5.33. The van der Waals surface area contributed by atoms with Crippen molar-refractivity contribution in [3.8, 4) is 5.75 Å². The number of nitrogens with one attached hydrogen (secondary N) is 3. The van der Waals surface area contributed by atoms with Gasteiger partial charge in [-0.25, -0.2) is 0 Å². The average molecular weight is 314 g/mol. The van der Waals surface area contributed by atoms with Crippen molar-refractivity contribution < 1.29 is 9.53 Å². The lowest BCUT2D eigenvalue weighted by atomic mass is 10.2. The van der Waals surface area contributed by atoms with Gasteiger partial charge in [-0.3, -0.25) is 15.6 Å². The standard InChI is InChI=1S/C13H16ClN3O2S/c1-3-6-15-13(20)17-16-12(18)8-19-11-7-9(2)4-5-10(11)14/h3-5,7H,1,6,8H2,2H3,(H,16,18)(H2,15,17,20). The SMILES string of the molecule is C=CCNC(=S)NNC(=O)COc1cc(C)ccc1Cl. The van der Waals surface area contributed by atoms with Gasteiger partial charge in [0.05, 0.1) is 5.02 Å². The Labute approximate surface area is 128 Å². The van der Waals surface area contributed by atoms with E-state index in [0.717, 1.165) is 5.56 Å². The van der Waals surface area contributed by atoms with E-state index in [4.69, 9.17) is 28.6 Å². The summed E-state index contributed by atoms with van der Waals surface area (Å²) in [4.78, 5) is 11.5. The second kappa shape index (κ2) is 8.39. The molecule has 0 unspecified atom stereocenters. The van der Waals surface area contributed by atoms with Crippen LogP contribution in [0.5, 0.6) is 5.75 Å². The maximum atomic E-state index is 11.5. The van der Waals surface area contributed by atoms with Gasteiger partial charge in [0.2, 0.25) is 0 Å². The minimum atomic E-state index is -0.370. The van der Waals surface area contributed by atoms with E-state index in [1.165, 1.54) is 0 Å². The van der Waals surface area contributed by atoms with E-state index in [1.807, 2.05) is 13.0 Å². The summed E-state index contributed by atoms with van der Waals surface area (Å²) >= 11 is 10.9. The van der Waals surface area contributed by atoms with Crippen LogP contribution in [0.2, 0.25) is 5.02 Å². The molecule has 7 heteroatoms. The van der Waals surface area contributed by atoms with Crippen molar-refractivity contribution in [2.24, 2.45) is 0 Å². The van der Waals surface area contributed by atoms with Gasteiger partial charge < -0.3 is 10.1 Å². The van der Waals surface area contributed by atoms with Gasteiger partial charge in [-0.1, -0.05) is 23.7 Å².